The number of hydrogen-bond donors (Lipinski definition) is 2. The molecular formula is C17H26N4O5. The van der Waals surface area contributed by atoms with Crippen LogP contribution in [0, 0.1) is 10.1 Å². The molecule has 0 radical (unpaired) electrons. The zero-order chi connectivity index (χ0) is 20.1. The minimum atomic E-state index is -0.597. The smallest absolute Gasteiger partial charge is 0.273 e. The Morgan fingerprint density at radius 3 is 2.46 bits per heavy atom. The highest BCUT2D eigenvalue weighted by atomic mass is 16.6. The zero-order valence-electron chi connectivity index (χ0n) is 16.0. The molecule has 0 saturated carbocycles. The van der Waals surface area contributed by atoms with E-state index in [-0.39, 0.29) is 35.3 Å². The van der Waals surface area contributed by atoms with Crippen LogP contribution in [0.2, 0.25) is 0 Å². The molecule has 0 aromatic heterocycles. The Morgan fingerprint density at radius 1 is 1.35 bits per heavy atom. The normalized spacial score (nSPS) is 12.4. The first kappa shape index (κ1) is 21.4. The summed E-state index contributed by atoms with van der Waals surface area (Å²) in [6.45, 7) is 7.35. The average molecular weight is 366 g/mol. The summed E-state index contributed by atoms with van der Waals surface area (Å²) >= 11 is 0. The average Bonchev–Trinajstić information content (AvgIpc) is 2.52. The highest BCUT2D eigenvalue weighted by Gasteiger charge is 2.23. The van der Waals surface area contributed by atoms with Crippen LogP contribution in [0.5, 0.6) is 5.75 Å². The third kappa shape index (κ3) is 6.32. The lowest BCUT2D eigenvalue weighted by atomic mass is 10.1. The number of hydrogen-bond acceptors (Lipinski definition) is 6. The summed E-state index contributed by atoms with van der Waals surface area (Å²) in [7, 11) is 3.03. The summed E-state index contributed by atoms with van der Waals surface area (Å²) in [4.78, 5) is 36.3. The van der Waals surface area contributed by atoms with Crippen molar-refractivity contribution in [2.24, 2.45) is 0 Å². The van der Waals surface area contributed by atoms with Gasteiger partial charge in [0, 0.05) is 11.6 Å². The third-order valence-corrected chi connectivity index (χ3v) is 3.60. The van der Waals surface area contributed by atoms with Crippen molar-refractivity contribution in [3.05, 3.63) is 28.3 Å². The molecule has 1 aromatic carbocycles. The van der Waals surface area contributed by atoms with Gasteiger partial charge in [0.1, 0.15) is 5.75 Å². The molecule has 9 heteroatoms. The number of nitro benzene ring substituents is 1. The van der Waals surface area contributed by atoms with Crippen molar-refractivity contribution in [2.45, 2.75) is 39.3 Å². The molecule has 26 heavy (non-hydrogen) atoms. The van der Waals surface area contributed by atoms with E-state index in [1.165, 1.54) is 25.3 Å². The van der Waals surface area contributed by atoms with Crippen LogP contribution in [-0.2, 0) is 9.59 Å². The first-order chi connectivity index (χ1) is 11.9. The highest BCUT2D eigenvalue weighted by Crippen LogP contribution is 2.29. The van der Waals surface area contributed by atoms with Crippen molar-refractivity contribution in [2.75, 3.05) is 26.0 Å². The fourth-order valence-electron chi connectivity index (χ4n) is 2.16. The molecule has 0 aliphatic rings. The molecule has 0 saturated heterocycles. The van der Waals surface area contributed by atoms with E-state index >= 15 is 0 Å². The molecule has 0 aliphatic heterocycles. The summed E-state index contributed by atoms with van der Waals surface area (Å²) in [6, 6.07) is 3.33. The zero-order valence-corrected chi connectivity index (χ0v) is 16.0. The lowest BCUT2D eigenvalue weighted by Crippen LogP contribution is -2.49. The van der Waals surface area contributed by atoms with Gasteiger partial charge in [-0.3, -0.25) is 24.6 Å². The Morgan fingerprint density at radius 2 is 1.96 bits per heavy atom. The number of rotatable bonds is 7. The number of carbonyl (C=O) groups is 2. The van der Waals surface area contributed by atoms with Gasteiger partial charge in [0.2, 0.25) is 11.8 Å². The fraction of sp³-hybridized carbons (Fsp3) is 0.529. The maximum atomic E-state index is 12.4. The number of ether oxygens (including phenoxy) is 1. The van der Waals surface area contributed by atoms with Gasteiger partial charge in [0.05, 0.1) is 36.4 Å². The Kier molecular flexibility index (Phi) is 7.08. The van der Waals surface area contributed by atoms with Crippen molar-refractivity contribution < 1.29 is 19.2 Å². The number of methoxy groups -OCH3 is 1. The number of amides is 2. The van der Waals surface area contributed by atoms with Crippen LogP contribution < -0.4 is 15.4 Å². The summed E-state index contributed by atoms with van der Waals surface area (Å²) in [5.41, 5.74) is -0.165. The molecule has 0 aliphatic carbocycles. The summed E-state index contributed by atoms with van der Waals surface area (Å²) < 4.78 is 5.10. The number of nitrogens with one attached hydrogen (secondary N) is 2. The lowest BCUT2D eigenvalue weighted by molar-refractivity contribution is -0.384. The molecule has 0 heterocycles. The largest absolute Gasteiger partial charge is 0.494 e. The van der Waals surface area contributed by atoms with E-state index in [4.69, 9.17) is 4.74 Å². The quantitative estimate of drug-likeness (QED) is 0.562. The van der Waals surface area contributed by atoms with Crippen LogP contribution in [0.1, 0.15) is 27.7 Å². The minimum absolute atomic E-state index is 0.0588. The minimum Gasteiger partial charge on any atom is -0.494 e. The molecule has 0 fully saturated rings. The van der Waals surface area contributed by atoms with Gasteiger partial charge in [-0.15, -0.1) is 0 Å². The van der Waals surface area contributed by atoms with Gasteiger partial charge in [-0.05, 0) is 40.8 Å². The molecule has 0 spiro atoms. The van der Waals surface area contributed by atoms with Crippen molar-refractivity contribution in [1.29, 1.82) is 0 Å². The molecular weight excluding hydrogens is 340 g/mol. The number of non-ortho nitro benzene ring substituents is 1. The SMILES string of the molecule is COc1cc([N+](=O)[O-])ccc1NC(=O)[C@@H](C)N(C)CC(=O)NC(C)(C)C. The summed E-state index contributed by atoms with van der Waals surface area (Å²) in [5.74, 6) is -0.358. The molecule has 144 valence electrons. The molecule has 0 unspecified atom stereocenters. The van der Waals surface area contributed by atoms with Crippen LogP contribution in [0.4, 0.5) is 11.4 Å². The lowest BCUT2D eigenvalue weighted by Gasteiger charge is -2.26. The van der Waals surface area contributed by atoms with Gasteiger partial charge in [0.25, 0.3) is 5.69 Å². The van der Waals surface area contributed by atoms with Crippen molar-refractivity contribution in [3.63, 3.8) is 0 Å². The van der Waals surface area contributed by atoms with E-state index in [9.17, 15) is 19.7 Å². The summed E-state index contributed by atoms with van der Waals surface area (Å²) in [6.07, 6.45) is 0. The first-order valence-corrected chi connectivity index (χ1v) is 8.09. The number of likely N-dealkylation sites (N-methyl/N-ethyl adjacent to an activating group) is 1. The van der Waals surface area contributed by atoms with Crippen LogP contribution in [-0.4, -0.2) is 53.9 Å². The summed E-state index contributed by atoms with van der Waals surface area (Å²) in [5, 5.41) is 16.3. The second-order valence-electron chi connectivity index (χ2n) is 7.02. The van der Waals surface area contributed by atoms with E-state index in [2.05, 4.69) is 10.6 Å². The molecule has 1 atom stereocenters. The van der Waals surface area contributed by atoms with Crippen molar-refractivity contribution in [1.82, 2.24) is 10.2 Å². The van der Waals surface area contributed by atoms with Gasteiger partial charge in [0.15, 0.2) is 0 Å². The van der Waals surface area contributed by atoms with E-state index in [1.54, 1.807) is 18.9 Å². The number of anilines is 1. The fourth-order valence-corrected chi connectivity index (χ4v) is 2.16. The highest BCUT2D eigenvalue weighted by molar-refractivity contribution is 5.96. The third-order valence-electron chi connectivity index (χ3n) is 3.60. The standard InChI is InChI=1S/C17H26N4O5/c1-11(20(5)10-15(22)19-17(2,3)4)16(23)18-13-8-7-12(21(24)25)9-14(13)26-6/h7-9,11H,10H2,1-6H3,(H,18,23)(H,19,22)/t11-/m1/s1. The van der Waals surface area contributed by atoms with Gasteiger partial charge >= 0.3 is 0 Å². The Hall–Kier alpha value is -2.68. The second kappa shape index (κ2) is 8.61. The maximum absolute atomic E-state index is 12.4. The van der Waals surface area contributed by atoms with E-state index in [1.807, 2.05) is 20.8 Å². The molecule has 9 nitrogen and oxygen atoms in total. The van der Waals surface area contributed by atoms with Crippen LogP contribution in [0.3, 0.4) is 0 Å². The number of nitrogens with zero attached hydrogens (tertiary/aromatic N) is 2. The van der Waals surface area contributed by atoms with Crippen molar-refractivity contribution in [3.8, 4) is 5.75 Å². The molecule has 2 amide bonds. The predicted molar refractivity (Wildman–Crippen MR) is 98.3 cm³/mol. The van der Waals surface area contributed by atoms with Gasteiger partial charge < -0.3 is 15.4 Å². The van der Waals surface area contributed by atoms with E-state index in [0.717, 1.165) is 0 Å². The van der Waals surface area contributed by atoms with Crippen LogP contribution >= 0.6 is 0 Å². The van der Waals surface area contributed by atoms with Crippen molar-refractivity contribution >= 4 is 23.2 Å². The number of nitro groups is 1. The van der Waals surface area contributed by atoms with Gasteiger partial charge in [-0.1, -0.05) is 0 Å². The van der Waals surface area contributed by atoms with Crippen LogP contribution in [0.15, 0.2) is 18.2 Å². The van der Waals surface area contributed by atoms with Crippen LogP contribution in [0.25, 0.3) is 0 Å². The van der Waals surface area contributed by atoms with Gasteiger partial charge in [-0.25, -0.2) is 0 Å². The predicted octanol–water partition coefficient (Wildman–Crippen LogP) is 1.78. The second-order valence-corrected chi connectivity index (χ2v) is 7.02. The van der Waals surface area contributed by atoms with E-state index in [0.29, 0.717) is 5.69 Å². The Bertz CT molecular complexity index is 684. The molecule has 1 rings (SSSR count). The van der Waals surface area contributed by atoms with E-state index < -0.39 is 11.0 Å². The molecule has 2 N–H and O–H groups in total. The molecule has 1 aromatic rings. The molecule has 0 bridgehead atoms. The Labute approximate surface area is 152 Å². The monoisotopic (exact) mass is 366 g/mol. The number of carbonyl (C=O) groups excluding carboxylic acids is 2. The van der Waals surface area contributed by atoms with Gasteiger partial charge in [-0.2, -0.15) is 0 Å². The topological polar surface area (TPSA) is 114 Å². The number of benzene rings is 1. The maximum Gasteiger partial charge on any atom is 0.273 e. The first-order valence-electron chi connectivity index (χ1n) is 8.09. The Balaban J connectivity index is 2.77.